The van der Waals surface area contributed by atoms with Gasteiger partial charge in [-0.2, -0.15) is 0 Å². The van der Waals surface area contributed by atoms with Gasteiger partial charge >= 0.3 is 0 Å². The number of carbonyl (C=O) groups excluding carboxylic acids is 1. The summed E-state index contributed by atoms with van der Waals surface area (Å²) < 4.78 is 1.00. The summed E-state index contributed by atoms with van der Waals surface area (Å²) in [5, 5.41) is 2.86. The molecule has 1 unspecified atom stereocenters. The molecule has 2 rings (SSSR count). The van der Waals surface area contributed by atoms with Gasteiger partial charge in [-0.05, 0) is 28.1 Å². The molecule has 16 heavy (non-hydrogen) atoms. The molecule has 1 saturated heterocycles. The Balaban J connectivity index is 2.21. The van der Waals surface area contributed by atoms with Crippen LogP contribution in [0.1, 0.15) is 0 Å². The molecular formula is C11H14BrN3O. The standard InChI is InChI=1S/C11H14BrN3O/c12-9-3-1-2-4-10(9)15-6-8(5-13)14-11(16)7-15/h1-4,8H,5-7,13H2,(H,14,16). The van der Waals surface area contributed by atoms with Crippen molar-refractivity contribution < 1.29 is 4.79 Å². The van der Waals surface area contributed by atoms with Crippen LogP contribution in [0.4, 0.5) is 5.69 Å². The number of anilines is 1. The number of rotatable bonds is 2. The molecule has 0 saturated carbocycles. The van der Waals surface area contributed by atoms with Gasteiger partial charge in [0.1, 0.15) is 0 Å². The van der Waals surface area contributed by atoms with Crippen LogP contribution in [0.5, 0.6) is 0 Å². The second kappa shape index (κ2) is 4.84. The zero-order valence-corrected chi connectivity index (χ0v) is 10.4. The van der Waals surface area contributed by atoms with Gasteiger partial charge in [0.05, 0.1) is 18.3 Å². The third-order valence-electron chi connectivity index (χ3n) is 2.62. The lowest BCUT2D eigenvalue weighted by atomic mass is 10.2. The van der Waals surface area contributed by atoms with E-state index in [2.05, 4.69) is 21.2 Å². The Kier molecular flexibility index (Phi) is 3.46. The molecule has 0 aliphatic carbocycles. The fourth-order valence-electron chi connectivity index (χ4n) is 1.85. The molecule has 1 aromatic rings. The molecule has 0 spiro atoms. The van der Waals surface area contributed by atoms with E-state index in [-0.39, 0.29) is 11.9 Å². The molecule has 1 aliphatic rings. The van der Waals surface area contributed by atoms with Crippen LogP contribution < -0.4 is 16.0 Å². The Morgan fingerprint density at radius 2 is 2.25 bits per heavy atom. The number of piperazine rings is 1. The van der Waals surface area contributed by atoms with Gasteiger partial charge in [0.2, 0.25) is 5.91 Å². The highest BCUT2D eigenvalue weighted by molar-refractivity contribution is 9.10. The molecule has 0 bridgehead atoms. The molecule has 1 amide bonds. The minimum absolute atomic E-state index is 0.0254. The van der Waals surface area contributed by atoms with Crippen LogP contribution in [0.25, 0.3) is 0 Å². The molecule has 0 radical (unpaired) electrons. The van der Waals surface area contributed by atoms with Gasteiger partial charge in [0.15, 0.2) is 0 Å². The number of amides is 1. The molecule has 1 fully saturated rings. The van der Waals surface area contributed by atoms with Crippen LogP contribution in [-0.2, 0) is 4.79 Å². The van der Waals surface area contributed by atoms with Crippen molar-refractivity contribution in [2.75, 3.05) is 24.5 Å². The van der Waals surface area contributed by atoms with Crippen molar-refractivity contribution in [1.29, 1.82) is 0 Å². The normalized spacial score (nSPS) is 20.8. The lowest BCUT2D eigenvalue weighted by Crippen LogP contribution is -2.56. The van der Waals surface area contributed by atoms with Crippen LogP contribution in [0.15, 0.2) is 28.7 Å². The fraction of sp³-hybridized carbons (Fsp3) is 0.364. The average molecular weight is 284 g/mol. The lowest BCUT2D eigenvalue weighted by molar-refractivity contribution is -0.121. The molecule has 86 valence electrons. The number of hydrogen-bond acceptors (Lipinski definition) is 3. The van der Waals surface area contributed by atoms with E-state index in [4.69, 9.17) is 5.73 Å². The van der Waals surface area contributed by atoms with Crippen molar-refractivity contribution >= 4 is 27.5 Å². The Morgan fingerprint density at radius 1 is 1.50 bits per heavy atom. The molecule has 1 aliphatic heterocycles. The largest absolute Gasteiger partial charge is 0.359 e. The predicted octanol–water partition coefficient (Wildman–Crippen LogP) is 0.713. The summed E-state index contributed by atoms with van der Waals surface area (Å²) in [4.78, 5) is 13.5. The highest BCUT2D eigenvalue weighted by Gasteiger charge is 2.24. The van der Waals surface area contributed by atoms with Crippen molar-refractivity contribution in [3.63, 3.8) is 0 Å². The number of nitrogens with two attached hydrogens (primary N) is 1. The number of carbonyl (C=O) groups is 1. The zero-order chi connectivity index (χ0) is 11.5. The van der Waals surface area contributed by atoms with Gasteiger partial charge < -0.3 is 16.0 Å². The topological polar surface area (TPSA) is 58.4 Å². The van der Waals surface area contributed by atoms with Crippen LogP contribution in [0.3, 0.4) is 0 Å². The SMILES string of the molecule is NCC1CN(c2ccccc2Br)CC(=O)N1. The summed E-state index contributed by atoms with van der Waals surface area (Å²) in [6.45, 7) is 1.61. The minimum atomic E-state index is 0.0254. The molecule has 0 aromatic heterocycles. The fourth-order valence-corrected chi connectivity index (χ4v) is 2.38. The average Bonchev–Trinajstić information content (AvgIpc) is 2.28. The second-order valence-corrected chi connectivity index (χ2v) is 4.69. The Hall–Kier alpha value is -1.07. The molecule has 3 N–H and O–H groups in total. The smallest absolute Gasteiger partial charge is 0.239 e. The Bertz CT molecular complexity index is 397. The second-order valence-electron chi connectivity index (χ2n) is 3.83. The predicted molar refractivity (Wildman–Crippen MR) is 67.3 cm³/mol. The van der Waals surface area contributed by atoms with Gasteiger partial charge in [-0.1, -0.05) is 12.1 Å². The van der Waals surface area contributed by atoms with Crippen LogP contribution in [-0.4, -0.2) is 31.6 Å². The molecule has 4 nitrogen and oxygen atoms in total. The van der Waals surface area contributed by atoms with Crippen molar-refractivity contribution in [1.82, 2.24) is 5.32 Å². The molecular weight excluding hydrogens is 270 g/mol. The summed E-state index contributed by atoms with van der Waals surface area (Å²) in [6.07, 6.45) is 0. The van der Waals surface area contributed by atoms with Gasteiger partial charge in [-0.25, -0.2) is 0 Å². The third kappa shape index (κ3) is 2.36. The summed E-state index contributed by atoms with van der Waals surface area (Å²) in [5.74, 6) is 0.0254. The maximum absolute atomic E-state index is 11.5. The quantitative estimate of drug-likeness (QED) is 0.841. The zero-order valence-electron chi connectivity index (χ0n) is 8.82. The van der Waals surface area contributed by atoms with Crippen molar-refractivity contribution in [2.24, 2.45) is 5.73 Å². The summed E-state index contributed by atoms with van der Waals surface area (Å²) in [6, 6.07) is 7.92. The van der Waals surface area contributed by atoms with Gasteiger partial charge in [0, 0.05) is 17.6 Å². The molecule has 5 heteroatoms. The van der Waals surface area contributed by atoms with Crippen LogP contribution >= 0.6 is 15.9 Å². The highest BCUT2D eigenvalue weighted by Crippen LogP contribution is 2.26. The van der Waals surface area contributed by atoms with Crippen molar-refractivity contribution in [3.05, 3.63) is 28.7 Å². The monoisotopic (exact) mass is 283 g/mol. The Labute approximate surface area is 103 Å². The number of nitrogens with zero attached hydrogens (tertiary/aromatic N) is 1. The van der Waals surface area contributed by atoms with Gasteiger partial charge in [0.25, 0.3) is 0 Å². The summed E-state index contributed by atoms with van der Waals surface area (Å²) in [5.41, 5.74) is 6.63. The van der Waals surface area contributed by atoms with Crippen LogP contribution in [0.2, 0.25) is 0 Å². The van der Waals surface area contributed by atoms with E-state index in [1.165, 1.54) is 0 Å². The molecule has 1 aromatic carbocycles. The van der Waals surface area contributed by atoms with E-state index < -0.39 is 0 Å². The van der Waals surface area contributed by atoms with Crippen molar-refractivity contribution in [2.45, 2.75) is 6.04 Å². The third-order valence-corrected chi connectivity index (χ3v) is 3.29. The Morgan fingerprint density at radius 3 is 2.94 bits per heavy atom. The number of nitrogens with one attached hydrogen (secondary N) is 1. The van der Waals surface area contributed by atoms with E-state index in [9.17, 15) is 4.79 Å². The van der Waals surface area contributed by atoms with E-state index in [1.807, 2.05) is 29.2 Å². The lowest BCUT2D eigenvalue weighted by Gasteiger charge is -2.34. The maximum Gasteiger partial charge on any atom is 0.239 e. The van der Waals surface area contributed by atoms with Gasteiger partial charge in [-0.15, -0.1) is 0 Å². The molecule has 1 heterocycles. The summed E-state index contributed by atoms with van der Waals surface area (Å²) in [7, 11) is 0. The number of benzene rings is 1. The summed E-state index contributed by atoms with van der Waals surface area (Å²) >= 11 is 3.49. The van der Waals surface area contributed by atoms with Gasteiger partial charge in [-0.3, -0.25) is 4.79 Å². The number of hydrogen-bond donors (Lipinski definition) is 2. The first-order chi connectivity index (χ1) is 7.70. The first-order valence-electron chi connectivity index (χ1n) is 5.19. The first-order valence-corrected chi connectivity index (χ1v) is 5.99. The molecule has 1 atom stereocenters. The van der Waals surface area contributed by atoms with Crippen LogP contribution in [0, 0.1) is 0 Å². The first kappa shape index (κ1) is 11.4. The highest BCUT2D eigenvalue weighted by atomic mass is 79.9. The van der Waals surface area contributed by atoms with Crippen molar-refractivity contribution in [3.8, 4) is 0 Å². The number of para-hydroxylation sites is 1. The van der Waals surface area contributed by atoms with E-state index >= 15 is 0 Å². The van der Waals surface area contributed by atoms with E-state index in [1.54, 1.807) is 0 Å². The number of halogens is 1. The van der Waals surface area contributed by atoms with E-state index in [0.29, 0.717) is 13.1 Å². The minimum Gasteiger partial charge on any atom is -0.359 e. The maximum atomic E-state index is 11.5. The van der Waals surface area contributed by atoms with E-state index in [0.717, 1.165) is 16.7 Å².